The highest BCUT2D eigenvalue weighted by Crippen LogP contribution is 2.29. The van der Waals surface area contributed by atoms with Gasteiger partial charge >= 0.3 is 0 Å². The molecule has 0 heterocycles. The third kappa shape index (κ3) is 1.13. The molecule has 0 spiro atoms. The van der Waals surface area contributed by atoms with Crippen molar-refractivity contribution in [2.75, 3.05) is 0 Å². The molecule has 2 rings (SSSR count). The van der Waals surface area contributed by atoms with Crippen LogP contribution in [-0.4, -0.2) is 16.3 Å². The fraction of sp³-hybridized carbons (Fsp3) is 0.400. The maximum Gasteiger partial charge on any atom is 0.105 e. The smallest absolute Gasteiger partial charge is 0.105 e. The summed E-state index contributed by atoms with van der Waals surface area (Å²) < 4.78 is 7.62. The third-order valence-corrected chi connectivity index (χ3v) is 2.30. The summed E-state index contributed by atoms with van der Waals surface area (Å²) in [6.45, 7) is 0. The maximum atomic E-state index is 9.71. The zero-order valence-electron chi connectivity index (χ0n) is 7.70. The van der Waals surface area contributed by atoms with Gasteiger partial charge in [0.2, 0.25) is 0 Å². The van der Waals surface area contributed by atoms with E-state index in [1.807, 2.05) is 12.1 Å². The molecule has 2 nitrogen and oxygen atoms in total. The van der Waals surface area contributed by atoms with E-state index in [4.69, 9.17) is 1.37 Å². The van der Waals surface area contributed by atoms with E-state index in [0.29, 0.717) is 12.0 Å². The van der Waals surface area contributed by atoms with Gasteiger partial charge in [-0.15, -0.1) is 0 Å². The van der Waals surface area contributed by atoms with E-state index in [2.05, 4.69) is 0 Å². The minimum Gasteiger partial charge on any atom is -0.390 e. The van der Waals surface area contributed by atoms with E-state index in [9.17, 15) is 10.2 Å². The number of aryl methyl sites for hydroxylation is 1. The van der Waals surface area contributed by atoms with Crippen LogP contribution in [0.1, 0.15) is 25.0 Å². The van der Waals surface area contributed by atoms with Crippen LogP contribution in [0.5, 0.6) is 0 Å². The van der Waals surface area contributed by atoms with Gasteiger partial charge in [-0.2, -0.15) is 0 Å². The Labute approximate surface area is 72.9 Å². The molecule has 12 heavy (non-hydrogen) atoms. The number of aliphatic hydroxyl groups is 2. The van der Waals surface area contributed by atoms with Crippen molar-refractivity contribution in [3.63, 3.8) is 0 Å². The Morgan fingerprint density at radius 1 is 1.33 bits per heavy atom. The topological polar surface area (TPSA) is 40.5 Å². The van der Waals surface area contributed by atoms with E-state index < -0.39 is 12.2 Å². The van der Waals surface area contributed by atoms with Crippen LogP contribution in [0.3, 0.4) is 0 Å². The molecular formula is C10H12O2. The molecular weight excluding hydrogens is 152 g/mol. The normalized spacial score (nSPS) is 35.5. The first-order valence-electron chi connectivity index (χ1n) is 4.61. The molecule has 1 aliphatic carbocycles. The Morgan fingerprint density at radius 2 is 2.08 bits per heavy atom. The highest BCUT2D eigenvalue weighted by molar-refractivity contribution is 5.31. The first kappa shape index (κ1) is 6.63. The number of benzene rings is 1. The van der Waals surface area contributed by atoms with Crippen LogP contribution in [0.15, 0.2) is 24.3 Å². The SMILES string of the molecule is [2H][C@]1(O)c2ccccc2CC[C@H]1O. The monoisotopic (exact) mass is 165 g/mol. The first-order valence-corrected chi connectivity index (χ1v) is 4.11. The van der Waals surface area contributed by atoms with Crippen molar-refractivity contribution < 1.29 is 11.6 Å². The predicted molar refractivity (Wildman–Crippen MR) is 45.7 cm³/mol. The number of rotatable bonds is 0. The Hall–Kier alpha value is -0.860. The fourth-order valence-electron chi connectivity index (χ4n) is 1.60. The molecule has 0 radical (unpaired) electrons. The predicted octanol–water partition coefficient (Wildman–Crippen LogP) is 1.03. The molecule has 2 N–H and O–H groups in total. The number of aliphatic hydroxyl groups excluding tert-OH is 1. The van der Waals surface area contributed by atoms with E-state index in [1.165, 1.54) is 0 Å². The van der Waals surface area contributed by atoms with Crippen LogP contribution in [0, 0.1) is 0 Å². The van der Waals surface area contributed by atoms with Crippen LogP contribution in [0.25, 0.3) is 0 Å². The van der Waals surface area contributed by atoms with E-state index in [0.717, 1.165) is 12.0 Å². The molecule has 1 aromatic carbocycles. The van der Waals surface area contributed by atoms with Crippen molar-refractivity contribution in [2.45, 2.75) is 25.0 Å². The Bertz CT molecular complexity index is 322. The summed E-state index contributed by atoms with van der Waals surface area (Å²) in [7, 11) is 0. The summed E-state index contributed by atoms with van der Waals surface area (Å²) in [5.41, 5.74) is 1.50. The highest BCUT2D eigenvalue weighted by atomic mass is 16.3. The molecule has 64 valence electrons. The largest absolute Gasteiger partial charge is 0.390 e. The van der Waals surface area contributed by atoms with Crippen LogP contribution in [0.2, 0.25) is 0 Å². The Balaban J connectivity index is 2.52. The molecule has 1 aromatic rings. The van der Waals surface area contributed by atoms with E-state index in [1.54, 1.807) is 12.1 Å². The molecule has 1 aliphatic rings. The van der Waals surface area contributed by atoms with E-state index in [-0.39, 0.29) is 0 Å². The van der Waals surface area contributed by atoms with Gasteiger partial charge in [0.05, 0.1) is 7.47 Å². The van der Waals surface area contributed by atoms with Gasteiger partial charge in [-0.25, -0.2) is 0 Å². The highest BCUT2D eigenvalue weighted by Gasteiger charge is 2.25. The summed E-state index contributed by atoms with van der Waals surface area (Å²) in [6.07, 6.45) is -1.60. The quantitative estimate of drug-likeness (QED) is 0.602. The van der Waals surface area contributed by atoms with Gasteiger partial charge in [-0.3, -0.25) is 0 Å². The number of hydrogen-bond donors (Lipinski definition) is 2. The molecule has 2 atom stereocenters. The van der Waals surface area contributed by atoms with Gasteiger partial charge in [0.25, 0.3) is 0 Å². The maximum absolute atomic E-state index is 9.71. The van der Waals surface area contributed by atoms with Gasteiger partial charge in [0.15, 0.2) is 0 Å². The average molecular weight is 165 g/mol. The van der Waals surface area contributed by atoms with Gasteiger partial charge in [-0.05, 0) is 24.0 Å². The Kier molecular flexibility index (Phi) is 1.59. The lowest BCUT2D eigenvalue weighted by Gasteiger charge is -2.25. The molecule has 0 aromatic heterocycles. The first-order chi connectivity index (χ1) is 6.12. The summed E-state index contributed by atoms with van der Waals surface area (Å²) in [4.78, 5) is 0. The van der Waals surface area contributed by atoms with Crippen molar-refractivity contribution in [3.8, 4) is 0 Å². The van der Waals surface area contributed by atoms with Crippen molar-refractivity contribution in [1.82, 2.24) is 0 Å². The molecule has 0 unspecified atom stereocenters. The second-order valence-corrected chi connectivity index (χ2v) is 3.10. The average Bonchev–Trinajstić information content (AvgIpc) is 2.13. The lowest BCUT2D eigenvalue weighted by Crippen LogP contribution is -2.24. The van der Waals surface area contributed by atoms with Crippen LogP contribution >= 0.6 is 0 Å². The summed E-state index contributed by atoms with van der Waals surface area (Å²) in [5, 5.41) is 19.2. The molecule has 0 aliphatic heterocycles. The van der Waals surface area contributed by atoms with Gasteiger partial charge in [0.1, 0.15) is 6.08 Å². The molecule has 0 bridgehead atoms. The number of hydrogen-bond acceptors (Lipinski definition) is 2. The fourth-order valence-corrected chi connectivity index (χ4v) is 1.60. The van der Waals surface area contributed by atoms with Gasteiger partial charge < -0.3 is 10.2 Å². The summed E-state index contributed by atoms with van der Waals surface area (Å²) in [5.74, 6) is 0. The third-order valence-electron chi connectivity index (χ3n) is 2.30. The lowest BCUT2D eigenvalue weighted by atomic mass is 9.88. The molecule has 0 amide bonds. The second kappa shape index (κ2) is 2.88. The van der Waals surface area contributed by atoms with Crippen molar-refractivity contribution in [2.24, 2.45) is 0 Å². The Morgan fingerprint density at radius 3 is 2.92 bits per heavy atom. The van der Waals surface area contributed by atoms with Crippen LogP contribution in [0.4, 0.5) is 0 Å². The molecule has 0 saturated carbocycles. The van der Waals surface area contributed by atoms with E-state index >= 15 is 0 Å². The molecule has 2 heteroatoms. The number of fused-ring (bicyclic) bond motifs is 1. The lowest BCUT2D eigenvalue weighted by molar-refractivity contribution is 0.00650. The van der Waals surface area contributed by atoms with Crippen LogP contribution < -0.4 is 0 Å². The second-order valence-electron chi connectivity index (χ2n) is 3.10. The zero-order valence-corrected chi connectivity index (χ0v) is 6.70. The molecule has 0 fully saturated rings. The summed E-state index contributed by atoms with van der Waals surface area (Å²) in [6, 6.07) is 7.24. The van der Waals surface area contributed by atoms with Crippen molar-refractivity contribution in [3.05, 3.63) is 35.4 Å². The van der Waals surface area contributed by atoms with Gasteiger partial charge in [-0.1, -0.05) is 24.3 Å². The standard InChI is InChI=1S/C10H12O2/c11-9-6-5-7-3-1-2-4-8(7)10(9)12/h1-4,9-12H,5-6H2/t9-,10+/m1/s1/i10D. The van der Waals surface area contributed by atoms with Crippen molar-refractivity contribution in [1.29, 1.82) is 0 Å². The van der Waals surface area contributed by atoms with Gasteiger partial charge in [0, 0.05) is 0 Å². The van der Waals surface area contributed by atoms with Crippen molar-refractivity contribution >= 4 is 0 Å². The molecule has 0 saturated heterocycles. The minimum absolute atomic E-state index is 0.455. The minimum atomic E-state index is -1.82. The zero-order chi connectivity index (χ0) is 9.47. The summed E-state index contributed by atoms with van der Waals surface area (Å²) >= 11 is 0. The van der Waals surface area contributed by atoms with Crippen LogP contribution in [-0.2, 0) is 6.42 Å².